The number of halogens is 1. The smallest absolute Gasteiger partial charge is 0.121 e. The van der Waals surface area contributed by atoms with Gasteiger partial charge in [-0.3, -0.25) is 10.1 Å². The molecule has 2 heterocycles. The van der Waals surface area contributed by atoms with Gasteiger partial charge in [0.1, 0.15) is 5.75 Å². The molecule has 0 fully saturated rings. The van der Waals surface area contributed by atoms with Crippen molar-refractivity contribution in [3.63, 3.8) is 0 Å². The lowest BCUT2D eigenvalue weighted by molar-refractivity contribution is 0.415. The number of rotatable bonds is 6. The number of aromatic nitrogens is 4. The molecule has 0 saturated heterocycles. The molecule has 4 rings (SSSR count). The van der Waals surface area contributed by atoms with Gasteiger partial charge in [0.05, 0.1) is 46.9 Å². The summed E-state index contributed by atoms with van der Waals surface area (Å²) in [7, 11) is 1.63. The molecule has 28 heavy (non-hydrogen) atoms. The zero-order chi connectivity index (χ0) is 19.5. The summed E-state index contributed by atoms with van der Waals surface area (Å²) in [5, 5.41) is 7.39. The molecule has 0 unspecified atom stereocenters. The molecular weight excluding hydrogens is 376 g/mol. The van der Waals surface area contributed by atoms with Gasteiger partial charge in [-0.1, -0.05) is 11.6 Å². The molecule has 0 bridgehead atoms. The number of aromatic amines is 1. The number of H-pyrrole nitrogens is 1. The Labute approximate surface area is 167 Å². The summed E-state index contributed by atoms with van der Waals surface area (Å²) >= 11 is 6.47. The fourth-order valence-corrected chi connectivity index (χ4v) is 3.26. The standard InChI is InChI=1S/C20H19ClN6O/c1-28-15-3-4-16(21)20(9-15)27(7-6-22)14-2-5-17-18(8-14)26-19(12-23-17)13-10-24-25-11-13/h2-5,8-12H,6-7,22H2,1H3,(H,24,25). The van der Waals surface area contributed by atoms with Crippen LogP contribution < -0.4 is 15.4 Å². The lowest BCUT2D eigenvalue weighted by atomic mass is 10.2. The van der Waals surface area contributed by atoms with E-state index in [1.54, 1.807) is 25.7 Å². The summed E-state index contributed by atoms with van der Waals surface area (Å²) in [6, 6.07) is 11.5. The summed E-state index contributed by atoms with van der Waals surface area (Å²) in [6.45, 7) is 1.06. The van der Waals surface area contributed by atoms with Gasteiger partial charge in [0, 0.05) is 36.6 Å². The molecule has 0 aliphatic rings. The minimum atomic E-state index is 0.465. The highest BCUT2D eigenvalue weighted by Gasteiger charge is 2.15. The lowest BCUT2D eigenvalue weighted by Gasteiger charge is -2.26. The predicted molar refractivity (Wildman–Crippen MR) is 111 cm³/mol. The van der Waals surface area contributed by atoms with E-state index in [9.17, 15) is 0 Å². The Morgan fingerprint density at radius 3 is 2.79 bits per heavy atom. The van der Waals surface area contributed by atoms with Crippen LogP contribution in [0.3, 0.4) is 0 Å². The van der Waals surface area contributed by atoms with Gasteiger partial charge in [0.15, 0.2) is 0 Å². The number of nitrogens with zero attached hydrogens (tertiary/aromatic N) is 4. The number of fused-ring (bicyclic) bond motifs is 1. The molecule has 0 aliphatic carbocycles. The third-order valence-electron chi connectivity index (χ3n) is 4.43. The number of nitrogens with two attached hydrogens (primary N) is 1. The number of methoxy groups -OCH3 is 1. The maximum atomic E-state index is 6.47. The van der Waals surface area contributed by atoms with Crippen LogP contribution in [0.2, 0.25) is 5.02 Å². The molecule has 0 radical (unpaired) electrons. The molecule has 2 aromatic heterocycles. The van der Waals surface area contributed by atoms with E-state index in [-0.39, 0.29) is 0 Å². The highest BCUT2D eigenvalue weighted by atomic mass is 35.5. The molecule has 0 saturated carbocycles. The first kappa shape index (κ1) is 18.2. The number of hydrogen-bond donors (Lipinski definition) is 2. The van der Waals surface area contributed by atoms with Gasteiger partial charge in [0.25, 0.3) is 0 Å². The van der Waals surface area contributed by atoms with E-state index < -0.39 is 0 Å². The number of ether oxygens (including phenoxy) is 1. The van der Waals surface area contributed by atoms with E-state index in [1.807, 2.05) is 36.4 Å². The molecule has 2 aromatic carbocycles. The first-order valence-electron chi connectivity index (χ1n) is 8.76. The molecule has 7 nitrogen and oxygen atoms in total. The summed E-state index contributed by atoms with van der Waals surface area (Å²) in [4.78, 5) is 11.3. The van der Waals surface area contributed by atoms with Crippen molar-refractivity contribution < 1.29 is 4.74 Å². The maximum absolute atomic E-state index is 6.47. The molecule has 0 spiro atoms. The Balaban J connectivity index is 1.80. The zero-order valence-corrected chi connectivity index (χ0v) is 16.0. The fraction of sp³-hybridized carbons (Fsp3) is 0.150. The monoisotopic (exact) mass is 394 g/mol. The summed E-state index contributed by atoms with van der Waals surface area (Å²) < 4.78 is 5.35. The average Bonchev–Trinajstić information content (AvgIpc) is 3.27. The van der Waals surface area contributed by atoms with Crippen LogP contribution in [0.25, 0.3) is 22.3 Å². The largest absolute Gasteiger partial charge is 0.497 e. The van der Waals surface area contributed by atoms with Crippen LogP contribution in [0.15, 0.2) is 55.0 Å². The molecule has 3 N–H and O–H groups in total. The number of benzene rings is 2. The minimum Gasteiger partial charge on any atom is -0.497 e. The van der Waals surface area contributed by atoms with Crippen LogP contribution in [-0.2, 0) is 0 Å². The SMILES string of the molecule is COc1ccc(Cl)c(N(CCN)c2ccc3ncc(-c4cn[nH]c4)nc3c2)c1. The van der Waals surface area contributed by atoms with Crippen molar-refractivity contribution in [2.45, 2.75) is 0 Å². The Hall–Kier alpha value is -3.16. The number of nitrogens with one attached hydrogen (secondary N) is 1. The molecule has 4 aromatic rings. The van der Waals surface area contributed by atoms with Crippen molar-refractivity contribution in [3.05, 3.63) is 60.0 Å². The maximum Gasteiger partial charge on any atom is 0.121 e. The van der Waals surface area contributed by atoms with Crippen molar-refractivity contribution in [1.82, 2.24) is 20.2 Å². The van der Waals surface area contributed by atoms with Crippen LogP contribution >= 0.6 is 11.6 Å². The molecule has 0 atom stereocenters. The third-order valence-corrected chi connectivity index (χ3v) is 4.75. The minimum absolute atomic E-state index is 0.465. The summed E-state index contributed by atoms with van der Waals surface area (Å²) in [5.74, 6) is 0.726. The van der Waals surface area contributed by atoms with Crippen LogP contribution in [0.4, 0.5) is 11.4 Å². The van der Waals surface area contributed by atoms with E-state index in [2.05, 4.69) is 20.1 Å². The zero-order valence-electron chi connectivity index (χ0n) is 15.3. The predicted octanol–water partition coefficient (Wildman–Crippen LogP) is 3.78. The Kier molecular flexibility index (Phi) is 5.10. The van der Waals surface area contributed by atoms with Gasteiger partial charge in [0.2, 0.25) is 0 Å². The van der Waals surface area contributed by atoms with Gasteiger partial charge in [-0.25, -0.2) is 4.98 Å². The highest BCUT2D eigenvalue weighted by Crippen LogP contribution is 2.35. The van der Waals surface area contributed by atoms with Crippen LogP contribution in [0, 0.1) is 0 Å². The Morgan fingerprint density at radius 2 is 2.04 bits per heavy atom. The van der Waals surface area contributed by atoms with Gasteiger partial charge >= 0.3 is 0 Å². The Bertz CT molecular complexity index is 1100. The van der Waals surface area contributed by atoms with Crippen LogP contribution in [0.1, 0.15) is 0 Å². The third kappa shape index (κ3) is 3.49. The van der Waals surface area contributed by atoms with Crippen molar-refractivity contribution in [2.75, 3.05) is 25.1 Å². The lowest BCUT2D eigenvalue weighted by Crippen LogP contribution is -2.25. The van der Waals surface area contributed by atoms with Crippen molar-refractivity contribution >= 4 is 34.0 Å². The number of anilines is 2. The summed E-state index contributed by atoms with van der Waals surface area (Å²) in [5.41, 5.74) is 10.8. The van der Waals surface area contributed by atoms with Crippen LogP contribution in [-0.4, -0.2) is 40.4 Å². The van der Waals surface area contributed by atoms with E-state index in [0.29, 0.717) is 18.1 Å². The molecule has 8 heteroatoms. The van der Waals surface area contributed by atoms with E-state index >= 15 is 0 Å². The Morgan fingerprint density at radius 1 is 1.14 bits per heavy atom. The van der Waals surface area contributed by atoms with E-state index in [4.69, 9.17) is 27.1 Å². The van der Waals surface area contributed by atoms with Gasteiger partial charge in [-0.15, -0.1) is 0 Å². The molecule has 0 aliphatic heterocycles. The number of hydrogen-bond acceptors (Lipinski definition) is 6. The summed E-state index contributed by atoms with van der Waals surface area (Å²) in [6.07, 6.45) is 5.25. The van der Waals surface area contributed by atoms with Gasteiger partial charge in [-0.2, -0.15) is 5.10 Å². The fourth-order valence-electron chi connectivity index (χ4n) is 3.04. The van der Waals surface area contributed by atoms with E-state index in [0.717, 1.165) is 39.4 Å². The second-order valence-electron chi connectivity index (χ2n) is 6.17. The first-order valence-corrected chi connectivity index (χ1v) is 9.14. The average molecular weight is 395 g/mol. The van der Waals surface area contributed by atoms with Gasteiger partial charge < -0.3 is 15.4 Å². The van der Waals surface area contributed by atoms with E-state index in [1.165, 1.54) is 0 Å². The topological polar surface area (TPSA) is 93.0 Å². The van der Waals surface area contributed by atoms with Crippen molar-refractivity contribution in [1.29, 1.82) is 0 Å². The van der Waals surface area contributed by atoms with Gasteiger partial charge in [-0.05, 0) is 30.3 Å². The normalized spacial score (nSPS) is 11.0. The first-order chi connectivity index (χ1) is 13.7. The van der Waals surface area contributed by atoms with Crippen molar-refractivity contribution in [2.24, 2.45) is 5.73 Å². The molecular formula is C20H19ClN6O. The second kappa shape index (κ2) is 7.84. The second-order valence-corrected chi connectivity index (χ2v) is 6.58. The van der Waals surface area contributed by atoms with Crippen molar-refractivity contribution in [3.8, 4) is 17.0 Å². The quantitative estimate of drug-likeness (QED) is 0.517. The molecule has 142 valence electrons. The molecule has 0 amide bonds. The highest BCUT2D eigenvalue weighted by molar-refractivity contribution is 6.33. The van der Waals surface area contributed by atoms with Crippen LogP contribution in [0.5, 0.6) is 5.75 Å².